The van der Waals surface area contributed by atoms with Crippen LogP contribution in [-0.2, 0) is 0 Å². The molecule has 0 aliphatic heterocycles. The fourth-order valence-corrected chi connectivity index (χ4v) is 15.2. The molecule has 65 heavy (non-hydrogen) atoms. The summed E-state index contributed by atoms with van der Waals surface area (Å²) < 4.78 is 0. The Morgan fingerprint density at radius 2 is 0.723 bits per heavy atom. The topological polar surface area (TPSA) is 6.48 Å². The number of fused-ring (bicyclic) bond motifs is 2. The molecule has 0 bridgehead atoms. The van der Waals surface area contributed by atoms with Gasteiger partial charge in [-0.25, -0.2) is 0 Å². The highest BCUT2D eigenvalue weighted by Gasteiger charge is 2.29. The molecule has 0 aliphatic carbocycles. The molecule has 0 saturated carbocycles. The maximum Gasteiger partial charge on any atom is 0.0777 e. The number of hydrogen-bond acceptors (Lipinski definition) is 2. The van der Waals surface area contributed by atoms with Gasteiger partial charge in [-0.1, -0.05) is 189 Å². The average molecular weight is 936 g/mol. The van der Waals surface area contributed by atoms with Gasteiger partial charge in [-0.2, -0.15) is 0 Å². The molecule has 8 aromatic rings. The molecular formula is C58H70N2Si5. The molecule has 0 amide bonds. The van der Waals surface area contributed by atoms with Crippen molar-refractivity contribution >= 4 is 125 Å². The van der Waals surface area contributed by atoms with Crippen LogP contribution in [0.5, 0.6) is 0 Å². The van der Waals surface area contributed by atoms with E-state index in [0.717, 1.165) is 0 Å². The molecule has 2 nitrogen and oxygen atoms in total. The van der Waals surface area contributed by atoms with Gasteiger partial charge in [0.1, 0.15) is 0 Å². The van der Waals surface area contributed by atoms with Gasteiger partial charge in [-0.05, 0) is 103 Å². The lowest BCUT2D eigenvalue weighted by atomic mass is 9.92. The summed E-state index contributed by atoms with van der Waals surface area (Å²) in [4.78, 5) is 5.33. The first kappa shape index (κ1) is 46.5. The van der Waals surface area contributed by atoms with Crippen molar-refractivity contribution in [1.82, 2.24) is 0 Å². The fourth-order valence-electron chi connectivity index (χ4n) is 9.53. The molecule has 0 saturated heterocycles. The third-order valence-corrected chi connectivity index (χ3v) is 22.0. The molecule has 0 radical (unpaired) electrons. The van der Waals surface area contributed by atoms with Gasteiger partial charge in [0, 0.05) is 44.3 Å². The molecule has 0 spiro atoms. The Balaban J connectivity index is 1.60. The normalized spacial score (nSPS) is 12.1. The minimum absolute atomic E-state index is 1.14. The molecule has 332 valence electrons. The molecule has 8 aromatic carbocycles. The lowest BCUT2D eigenvalue weighted by Gasteiger charge is -2.35. The van der Waals surface area contributed by atoms with E-state index in [0.29, 0.717) is 0 Å². The Labute approximate surface area is 398 Å². The summed E-state index contributed by atoms with van der Waals surface area (Å²) in [5.41, 5.74) is 13.9. The number of rotatable bonds is 12. The highest BCUT2D eigenvalue weighted by Crippen LogP contribution is 2.51. The Kier molecular flexibility index (Phi) is 13.4. The standard InChI is InChI=1S/C58H70N2Si5/c1-39-26-44(33-48(29-39)61(4)5)59(45-27-40(2)30-49(34-45)62(6)7)57-53-22-18-19-23-54(53)58(56-32-43(24-25-55(56)57)42-20-16-15-17-21-42)60(46-28-41(3)31-52(37-46)65(12,13)14)47-35-50(63(8)9)38-51(36-47)64(10)11/h15-38,61-64H,1-14H3. The molecule has 0 aromatic heterocycles. The van der Waals surface area contributed by atoms with E-state index >= 15 is 0 Å². The average Bonchev–Trinajstić information content (AvgIpc) is 3.26. The van der Waals surface area contributed by atoms with Gasteiger partial charge in [-0.15, -0.1) is 0 Å². The second kappa shape index (κ2) is 18.7. The molecular weight excluding hydrogens is 865 g/mol. The molecule has 8 rings (SSSR count). The van der Waals surface area contributed by atoms with Crippen molar-refractivity contribution in [3.8, 4) is 11.1 Å². The summed E-state index contributed by atoms with van der Waals surface area (Å²) in [6, 6.07) is 57.6. The van der Waals surface area contributed by atoms with E-state index in [1.807, 2.05) is 0 Å². The quantitative estimate of drug-likeness (QED) is 0.0684. The summed E-state index contributed by atoms with van der Waals surface area (Å²) in [5, 5.41) is 12.6. The molecule has 0 aliphatic rings. The van der Waals surface area contributed by atoms with E-state index in [9.17, 15) is 0 Å². The van der Waals surface area contributed by atoms with Gasteiger partial charge in [0.15, 0.2) is 0 Å². The van der Waals surface area contributed by atoms with Crippen LogP contribution in [0.3, 0.4) is 0 Å². The Morgan fingerprint density at radius 1 is 0.338 bits per heavy atom. The summed E-state index contributed by atoms with van der Waals surface area (Å²) in [6.45, 7) is 34.1. The molecule has 0 fully saturated rings. The molecule has 0 unspecified atom stereocenters. The number of nitrogens with zero attached hydrogens (tertiary/aromatic N) is 2. The Bertz CT molecular complexity index is 2950. The SMILES string of the molecule is Cc1cc(N(c2cc(C)cc([SiH](C)C)c2)c2c3ccccc3c(N(c3cc([SiH](C)C)cc([SiH](C)C)c3)c3cc(C)cc([Si](C)(C)C)c3)c3cc(-c4ccccc4)ccc23)cc([SiH](C)C)c1. The molecule has 7 heteroatoms. The van der Waals surface area contributed by atoms with Gasteiger partial charge < -0.3 is 9.80 Å². The first-order chi connectivity index (χ1) is 30.9. The van der Waals surface area contributed by atoms with Crippen molar-refractivity contribution in [3.63, 3.8) is 0 Å². The van der Waals surface area contributed by atoms with Crippen molar-refractivity contribution in [1.29, 1.82) is 0 Å². The van der Waals surface area contributed by atoms with Gasteiger partial charge in [0.05, 0.1) is 54.6 Å². The number of hydrogen-bond donors (Lipinski definition) is 0. The highest BCUT2D eigenvalue weighted by molar-refractivity contribution is 6.88. The zero-order valence-corrected chi connectivity index (χ0v) is 47.2. The highest BCUT2D eigenvalue weighted by atomic mass is 28.3. The predicted octanol–water partition coefficient (Wildman–Crippen LogP) is 12.8. The van der Waals surface area contributed by atoms with Crippen LogP contribution in [0.25, 0.3) is 32.7 Å². The van der Waals surface area contributed by atoms with E-state index in [1.54, 1.807) is 0 Å². The third-order valence-electron chi connectivity index (χ3n) is 13.3. The van der Waals surface area contributed by atoms with Crippen LogP contribution >= 0.6 is 0 Å². The fraction of sp³-hybridized carbons (Fsp3) is 0.241. The predicted molar refractivity (Wildman–Crippen MR) is 307 cm³/mol. The van der Waals surface area contributed by atoms with Crippen LogP contribution < -0.4 is 35.7 Å². The van der Waals surface area contributed by atoms with E-state index < -0.39 is 43.3 Å². The van der Waals surface area contributed by atoms with Crippen LogP contribution in [0.2, 0.25) is 72.0 Å². The van der Waals surface area contributed by atoms with Crippen molar-refractivity contribution in [2.75, 3.05) is 9.80 Å². The monoisotopic (exact) mass is 934 g/mol. The smallest absolute Gasteiger partial charge is 0.0777 e. The minimum atomic E-state index is -1.71. The van der Waals surface area contributed by atoms with Crippen LogP contribution in [0.1, 0.15) is 16.7 Å². The van der Waals surface area contributed by atoms with Gasteiger partial charge >= 0.3 is 0 Å². The number of aryl methyl sites for hydroxylation is 3. The number of anilines is 6. The van der Waals surface area contributed by atoms with Crippen molar-refractivity contribution in [2.24, 2.45) is 0 Å². The molecule has 0 atom stereocenters. The second-order valence-corrected chi connectivity index (χ2v) is 38.0. The van der Waals surface area contributed by atoms with Crippen LogP contribution in [-0.4, -0.2) is 43.3 Å². The summed E-state index contributed by atoms with van der Waals surface area (Å²) in [6.07, 6.45) is 0. The van der Waals surface area contributed by atoms with Gasteiger partial charge in [-0.3, -0.25) is 0 Å². The van der Waals surface area contributed by atoms with Crippen molar-refractivity contribution in [3.05, 3.63) is 162 Å². The summed E-state index contributed by atoms with van der Waals surface area (Å²) in [5.74, 6) is 0. The van der Waals surface area contributed by atoms with Crippen molar-refractivity contribution in [2.45, 2.75) is 92.8 Å². The zero-order valence-electron chi connectivity index (χ0n) is 41.6. The first-order valence-corrected chi connectivity index (χ1v) is 39.1. The van der Waals surface area contributed by atoms with Crippen molar-refractivity contribution < 1.29 is 0 Å². The van der Waals surface area contributed by atoms with Gasteiger partial charge in [0.25, 0.3) is 0 Å². The number of benzene rings is 8. The van der Waals surface area contributed by atoms with Crippen LogP contribution in [0.4, 0.5) is 34.1 Å². The zero-order chi connectivity index (χ0) is 46.5. The minimum Gasteiger partial charge on any atom is -0.309 e. The van der Waals surface area contributed by atoms with E-state index in [4.69, 9.17) is 0 Å². The molecule has 0 N–H and O–H groups in total. The summed E-state index contributed by atoms with van der Waals surface area (Å²) >= 11 is 0. The largest absolute Gasteiger partial charge is 0.309 e. The summed E-state index contributed by atoms with van der Waals surface area (Å²) in [7, 11) is -6.34. The maximum absolute atomic E-state index is 2.69. The lowest BCUT2D eigenvalue weighted by molar-refractivity contribution is 1.28. The third kappa shape index (κ3) is 9.63. The first-order valence-electron chi connectivity index (χ1n) is 24.0. The maximum atomic E-state index is 2.69. The molecule has 0 heterocycles. The van der Waals surface area contributed by atoms with Crippen LogP contribution in [0.15, 0.2) is 146 Å². The Hall–Kier alpha value is -5.04. The Morgan fingerprint density at radius 3 is 1.18 bits per heavy atom. The van der Waals surface area contributed by atoms with E-state index in [1.165, 1.54) is 109 Å². The van der Waals surface area contributed by atoms with Gasteiger partial charge in [0.2, 0.25) is 0 Å². The second-order valence-electron chi connectivity index (χ2n) is 21.0. The van der Waals surface area contributed by atoms with Crippen LogP contribution in [0, 0.1) is 20.8 Å². The van der Waals surface area contributed by atoms with E-state index in [-0.39, 0.29) is 0 Å². The lowest BCUT2D eigenvalue weighted by Crippen LogP contribution is -2.38. The van der Waals surface area contributed by atoms with E-state index in [2.05, 4.69) is 248 Å².